The molecule has 0 heterocycles. The lowest BCUT2D eigenvalue weighted by Crippen LogP contribution is -2.29. The smallest absolute Gasteiger partial charge is 0.207 e. The average molecular weight is 305 g/mol. The van der Waals surface area contributed by atoms with Gasteiger partial charge in [-0.25, -0.2) is 12.7 Å². The summed E-state index contributed by atoms with van der Waals surface area (Å²) in [4.78, 5) is 0.107. The third-order valence-electron chi connectivity index (χ3n) is 2.38. The van der Waals surface area contributed by atoms with Crippen LogP contribution >= 0.6 is 23.4 Å². The van der Waals surface area contributed by atoms with E-state index in [1.807, 2.05) is 12.3 Å². The number of hydrogen-bond acceptors (Lipinski definition) is 4. The summed E-state index contributed by atoms with van der Waals surface area (Å²) in [5.41, 5.74) is 0.266. The van der Waals surface area contributed by atoms with Gasteiger partial charge in [0, 0.05) is 19.3 Å². The molecule has 0 aliphatic heterocycles. The molecule has 0 saturated carbocycles. The molecule has 0 aromatic heterocycles. The highest BCUT2D eigenvalue weighted by atomic mass is 35.5. The van der Waals surface area contributed by atoms with E-state index in [9.17, 15) is 8.42 Å². The molecule has 0 amide bonds. The van der Waals surface area contributed by atoms with Crippen molar-refractivity contribution in [2.45, 2.75) is 4.90 Å². The molecule has 0 N–H and O–H groups in total. The zero-order chi connectivity index (χ0) is 13.8. The maximum Gasteiger partial charge on any atom is 0.242 e. The minimum Gasteiger partial charge on any atom is -0.207 e. The van der Waals surface area contributed by atoms with E-state index in [4.69, 9.17) is 16.9 Å². The van der Waals surface area contributed by atoms with Crippen molar-refractivity contribution in [1.29, 1.82) is 5.26 Å². The van der Waals surface area contributed by atoms with Crippen molar-refractivity contribution < 1.29 is 8.42 Å². The topological polar surface area (TPSA) is 61.2 Å². The van der Waals surface area contributed by atoms with Crippen LogP contribution in [0, 0.1) is 11.3 Å². The Bertz CT molecular complexity index is 567. The van der Waals surface area contributed by atoms with Crippen LogP contribution in [0.15, 0.2) is 23.1 Å². The quantitative estimate of drug-likeness (QED) is 0.836. The van der Waals surface area contributed by atoms with Gasteiger partial charge >= 0.3 is 0 Å². The highest BCUT2D eigenvalue weighted by Gasteiger charge is 2.21. The molecule has 0 atom stereocenters. The largest absolute Gasteiger partial charge is 0.242 e. The zero-order valence-corrected chi connectivity index (χ0v) is 12.4. The van der Waals surface area contributed by atoms with Crippen LogP contribution in [0.1, 0.15) is 5.56 Å². The van der Waals surface area contributed by atoms with Gasteiger partial charge in [0.2, 0.25) is 10.0 Å². The first-order valence-electron chi connectivity index (χ1n) is 5.08. The minimum absolute atomic E-state index is 0.107. The van der Waals surface area contributed by atoms with Crippen LogP contribution in [0.2, 0.25) is 5.02 Å². The second-order valence-electron chi connectivity index (χ2n) is 3.57. The van der Waals surface area contributed by atoms with E-state index < -0.39 is 10.0 Å². The fourth-order valence-corrected chi connectivity index (χ4v) is 3.32. The monoisotopic (exact) mass is 304 g/mol. The molecule has 0 saturated heterocycles. The van der Waals surface area contributed by atoms with Crippen LogP contribution in [0.3, 0.4) is 0 Å². The molecule has 0 aliphatic rings. The molecule has 18 heavy (non-hydrogen) atoms. The summed E-state index contributed by atoms with van der Waals surface area (Å²) in [6.07, 6.45) is 1.92. The number of nitriles is 1. The predicted molar refractivity (Wildman–Crippen MR) is 74.4 cm³/mol. The van der Waals surface area contributed by atoms with E-state index >= 15 is 0 Å². The summed E-state index contributed by atoms with van der Waals surface area (Å²) in [6.45, 7) is 0.432. The SMILES string of the molecule is CSCCN(C)S(=O)(=O)c1ccc(C#N)c(Cl)c1. The van der Waals surface area contributed by atoms with Crippen molar-refractivity contribution in [3.8, 4) is 6.07 Å². The van der Waals surface area contributed by atoms with Gasteiger partial charge < -0.3 is 0 Å². The van der Waals surface area contributed by atoms with Crippen molar-refractivity contribution in [1.82, 2.24) is 4.31 Å². The van der Waals surface area contributed by atoms with Gasteiger partial charge in [0.1, 0.15) is 6.07 Å². The first-order valence-corrected chi connectivity index (χ1v) is 8.29. The van der Waals surface area contributed by atoms with Crippen molar-refractivity contribution in [3.05, 3.63) is 28.8 Å². The number of halogens is 1. The van der Waals surface area contributed by atoms with Crippen LogP contribution in [0.25, 0.3) is 0 Å². The average Bonchev–Trinajstić information content (AvgIpc) is 2.35. The molecule has 1 aromatic rings. The lowest BCUT2D eigenvalue weighted by molar-refractivity contribution is 0.488. The molecule has 0 radical (unpaired) electrons. The molecule has 0 spiro atoms. The van der Waals surface area contributed by atoms with Crippen molar-refractivity contribution >= 4 is 33.4 Å². The number of hydrogen-bond donors (Lipinski definition) is 0. The first-order chi connectivity index (χ1) is 8.43. The van der Waals surface area contributed by atoms with E-state index in [2.05, 4.69) is 0 Å². The summed E-state index contributed by atoms with van der Waals surface area (Å²) in [5, 5.41) is 8.89. The molecular weight excluding hydrogens is 292 g/mol. The van der Waals surface area contributed by atoms with Crippen LogP contribution in [0.5, 0.6) is 0 Å². The van der Waals surface area contributed by atoms with Gasteiger partial charge in [-0.2, -0.15) is 17.0 Å². The highest BCUT2D eigenvalue weighted by molar-refractivity contribution is 7.98. The first kappa shape index (κ1) is 15.3. The Kier molecular flexibility index (Phi) is 5.47. The summed E-state index contributed by atoms with van der Waals surface area (Å²) < 4.78 is 25.6. The second kappa shape index (κ2) is 6.43. The van der Waals surface area contributed by atoms with Gasteiger partial charge in [-0.05, 0) is 24.5 Å². The van der Waals surface area contributed by atoms with Crippen LogP contribution in [-0.4, -0.2) is 38.3 Å². The number of benzene rings is 1. The molecule has 4 nitrogen and oxygen atoms in total. The Morgan fingerprint density at radius 1 is 1.50 bits per heavy atom. The number of nitrogens with zero attached hydrogens (tertiary/aromatic N) is 2. The Morgan fingerprint density at radius 3 is 2.67 bits per heavy atom. The maximum atomic E-state index is 12.2. The van der Waals surface area contributed by atoms with Crippen molar-refractivity contribution in [2.24, 2.45) is 0 Å². The molecule has 7 heteroatoms. The molecule has 98 valence electrons. The summed E-state index contributed by atoms with van der Waals surface area (Å²) in [5.74, 6) is 0.722. The van der Waals surface area contributed by atoms with Gasteiger partial charge in [0.05, 0.1) is 15.5 Å². The third-order valence-corrected chi connectivity index (χ3v) is 5.14. The number of thioether (sulfide) groups is 1. The fraction of sp³-hybridized carbons (Fsp3) is 0.364. The van der Waals surface area contributed by atoms with Gasteiger partial charge in [-0.15, -0.1) is 0 Å². The van der Waals surface area contributed by atoms with Crippen LogP contribution in [0.4, 0.5) is 0 Å². The standard InChI is InChI=1S/C11H13ClN2O2S2/c1-14(5-6-17-2)18(15,16)10-4-3-9(8-13)11(12)7-10/h3-4,7H,5-6H2,1-2H3. The van der Waals surface area contributed by atoms with Gasteiger partial charge in [-0.3, -0.25) is 0 Å². The van der Waals surface area contributed by atoms with Crippen LogP contribution < -0.4 is 0 Å². The molecule has 0 unspecified atom stereocenters. The normalized spacial score (nSPS) is 11.5. The van der Waals surface area contributed by atoms with Crippen molar-refractivity contribution in [2.75, 3.05) is 25.6 Å². The van der Waals surface area contributed by atoms with Crippen LogP contribution in [-0.2, 0) is 10.0 Å². The lowest BCUT2D eigenvalue weighted by atomic mass is 10.2. The molecule has 0 bridgehead atoms. The van der Waals surface area contributed by atoms with Gasteiger partial charge in [0.25, 0.3) is 0 Å². The number of rotatable bonds is 5. The summed E-state index contributed by atoms with van der Waals surface area (Å²) in [6, 6.07) is 6.02. The van der Waals surface area contributed by atoms with E-state index in [0.29, 0.717) is 6.54 Å². The summed E-state index contributed by atoms with van der Waals surface area (Å²) >= 11 is 7.41. The van der Waals surface area contributed by atoms with E-state index in [1.165, 1.54) is 29.6 Å². The molecule has 1 rings (SSSR count). The molecule has 0 aliphatic carbocycles. The number of sulfonamides is 1. The Labute approximate surface area is 117 Å². The Morgan fingerprint density at radius 2 is 2.17 bits per heavy atom. The van der Waals surface area contributed by atoms with E-state index in [-0.39, 0.29) is 15.5 Å². The van der Waals surface area contributed by atoms with E-state index in [0.717, 1.165) is 5.75 Å². The second-order valence-corrected chi connectivity index (χ2v) is 7.01. The molecule has 1 aromatic carbocycles. The minimum atomic E-state index is -3.53. The third kappa shape index (κ3) is 3.39. The molecule has 0 fully saturated rings. The Hall–Kier alpha value is -0.740. The van der Waals surface area contributed by atoms with Crippen molar-refractivity contribution in [3.63, 3.8) is 0 Å². The molecular formula is C11H13ClN2O2S2. The fourth-order valence-electron chi connectivity index (χ4n) is 1.27. The van der Waals surface area contributed by atoms with Gasteiger partial charge in [-0.1, -0.05) is 11.6 Å². The van der Waals surface area contributed by atoms with E-state index in [1.54, 1.807) is 11.8 Å². The van der Waals surface area contributed by atoms with Gasteiger partial charge in [0.15, 0.2) is 0 Å². The Balaban J connectivity index is 3.06. The summed E-state index contributed by atoms with van der Waals surface area (Å²) in [7, 11) is -2.01. The maximum absolute atomic E-state index is 12.2. The highest BCUT2D eigenvalue weighted by Crippen LogP contribution is 2.22. The predicted octanol–water partition coefficient (Wildman–Crippen LogP) is 2.20. The lowest BCUT2D eigenvalue weighted by Gasteiger charge is -2.16. The zero-order valence-electron chi connectivity index (χ0n) is 10.1.